The number of guanidine groups is 1. The van der Waals surface area contributed by atoms with E-state index in [1.165, 1.54) is 18.2 Å². The number of nitrogens with zero attached hydrogens (tertiary/aromatic N) is 1. The van der Waals surface area contributed by atoms with Crippen LogP contribution in [0.3, 0.4) is 0 Å². The van der Waals surface area contributed by atoms with Crippen molar-refractivity contribution in [1.29, 1.82) is 0 Å². The fraction of sp³-hybridized carbons (Fsp3) is 0.611. The van der Waals surface area contributed by atoms with Gasteiger partial charge in [-0.3, -0.25) is 4.99 Å². The van der Waals surface area contributed by atoms with Crippen molar-refractivity contribution in [3.8, 4) is 0 Å². The van der Waals surface area contributed by atoms with Crippen LogP contribution in [0, 0.1) is 11.6 Å². The number of nitrogens with one attached hydrogen (secondary N) is 2. The molecule has 2 N–H and O–H groups in total. The Bertz CT molecular complexity index is 537. The number of ether oxygens (including phenoxy) is 1. The minimum absolute atomic E-state index is 0. The lowest BCUT2D eigenvalue weighted by Crippen LogP contribution is -2.39. The van der Waals surface area contributed by atoms with Gasteiger partial charge in [-0.15, -0.1) is 24.0 Å². The van der Waals surface area contributed by atoms with E-state index in [1.54, 1.807) is 0 Å². The van der Waals surface area contributed by atoms with Gasteiger partial charge in [0.05, 0.1) is 0 Å². The summed E-state index contributed by atoms with van der Waals surface area (Å²) in [7, 11) is 0. The zero-order chi connectivity index (χ0) is 17.4. The molecular weight excluding hydrogens is 439 g/mol. The molecule has 0 spiro atoms. The molecular formula is C18H28F2IN3O. The average molecular weight is 467 g/mol. The standard InChI is InChI=1S/C18H27F2N3O.HI/c1-3-21-18(22-10-5-6-11-24-4-2)23-16-12-13(16)17-14(19)8-7-9-15(17)20;/h7-9,13,16H,3-6,10-12H2,1-2H3,(H2,21,22,23);1H. The van der Waals surface area contributed by atoms with Crippen molar-refractivity contribution in [2.75, 3.05) is 26.3 Å². The highest BCUT2D eigenvalue weighted by molar-refractivity contribution is 14.0. The van der Waals surface area contributed by atoms with Crippen LogP contribution in [0.15, 0.2) is 23.2 Å². The molecule has 1 aromatic carbocycles. The van der Waals surface area contributed by atoms with Crippen molar-refractivity contribution >= 4 is 29.9 Å². The van der Waals surface area contributed by atoms with Crippen LogP contribution in [0.25, 0.3) is 0 Å². The minimum Gasteiger partial charge on any atom is -0.382 e. The maximum atomic E-state index is 13.8. The predicted octanol–water partition coefficient (Wildman–Crippen LogP) is 3.81. The molecule has 0 aromatic heterocycles. The molecule has 2 unspecified atom stereocenters. The van der Waals surface area contributed by atoms with Crippen LogP contribution in [-0.4, -0.2) is 38.3 Å². The molecule has 4 nitrogen and oxygen atoms in total. The summed E-state index contributed by atoms with van der Waals surface area (Å²) in [5.41, 5.74) is 0.183. The van der Waals surface area contributed by atoms with E-state index in [0.717, 1.165) is 32.6 Å². The zero-order valence-corrected chi connectivity index (χ0v) is 17.2. The Balaban J connectivity index is 0.00000312. The third-order valence-electron chi connectivity index (χ3n) is 4.00. The molecule has 2 rings (SSSR count). The maximum Gasteiger partial charge on any atom is 0.191 e. The summed E-state index contributed by atoms with van der Waals surface area (Å²) in [6.07, 6.45) is 2.64. The van der Waals surface area contributed by atoms with Crippen LogP contribution in [0.5, 0.6) is 0 Å². The molecule has 0 aliphatic heterocycles. The first-order valence-corrected chi connectivity index (χ1v) is 8.73. The lowest BCUT2D eigenvalue weighted by molar-refractivity contribution is 0.144. The molecule has 0 heterocycles. The molecule has 25 heavy (non-hydrogen) atoms. The summed E-state index contributed by atoms with van der Waals surface area (Å²) in [6, 6.07) is 4.04. The monoisotopic (exact) mass is 467 g/mol. The minimum atomic E-state index is -0.470. The fourth-order valence-electron chi connectivity index (χ4n) is 2.69. The quantitative estimate of drug-likeness (QED) is 0.251. The average Bonchev–Trinajstić information content (AvgIpc) is 3.29. The summed E-state index contributed by atoms with van der Waals surface area (Å²) < 4.78 is 32.9. The van der Waals surface area contributed by atoms with E-state index >= 15 is 0 Å². The molecule has 7 heteroatoms. The summed E-state index contributed by atoms with van der Waals surface area (Å²) in [6.45, 7) is 6.92. The first kappa shape index (κ1) is 22.1. The van der Waals surface area contributed by atoms with E-state index in [1.807, 2.05) is 13.8 Å². The van der Waals surface area contributed by atoms with Gasteiger partial charge in [-0.1, -0.05) is 6.07 Å². The Morgan fingerprint density at radius 3 is 2.60 bits per heavy atom. The molecule has 1 fully saturated rings. The van der Waals surface area contributed by atoms with Crippen molar-refractivity contribution in [3.63, 3.8) is 0 Å². The van der Waals surface area contributed by atoms with E-state index in [-0.39, 0.29) is 41.5 Å². The maximum absolute atomic E-state index is 13.8. The Morgan fingerprint density at radius 1 is 1.24 bits per heavy atom. The smallest absolute Gasteiger partial charge is 0.191 e. The van der Waals surface area contributed by atoms with E-state index < -0.39 is 11.6 Å². The first-order chi connectivity index (χ1) is 11.7. The van der Waals surface area contributed by atoms with Gasteiger partial charge < -0.3 is 15.4 Å². The summed E-state index contributed by atoms with van der Waals surface area (Å²) >= 11 is 0. The van der Waals surface area contributed by atoms with Gasteiger partial charge in [-0.25, -0.2) is 8.78 Å². The van der Waals surface area contributed by atoms with Crippen LogP contribution in [0.1, 0.15) is 44.6 Å². The molecule has 2 atom stereocenters. The molecule has 0 saturated heterocycles. The van der Waals surface area contributed by atoms with E-state index in [2.05, 4.69) is 15.6 Å². The number of rotatable bonds is 9. The first-order valence-electron chi connectivity index (χ1n) is 8.73. The topological polar surface area (TPSA) is 45.7 Å². The van der Waals surface area contributed by atoms with Crippen LogP contribution >= 0.6 is 24.0 Å². The van der Waals surface area contributed by atoms with Crippen LogP contribution in [0.4, 0.5) is 8.78 Å². The van der Waals surface area contributed by atoms with Gasteiger partial charge in [0.1, 0.15) is 11.6 Å². The van der Waals surface area contributed by atoms with Gasteiger partial charge in [-0.2, -0.15) is 0 Å². The number of aliphatic imine (C=N–C) groups is 1. The second kappa shape index (κ2) is 11.6. The van der Waals surface area contributed by atoms with Gasteiger partial charge in [0.25, 0.3) is 0 Å². The van der Waals surface area contributed by atoms with E-state index in [0.29, 0.717) is 18.9 Å². The molecule has 1 aliphatic carbocycles. The van der Waals surface area contributed by atoms with Gasteiger partial charge in [0.15, 0.2) is 5.96 Å². The Kier molecular flexibility index (Phi) is 10.3. The lowest BCUT2D eigenvalue weighted by atomic mass is 10.1. The lowest BCUT2D eigenvalue weighted by Gasteiger charge is -2.12. The molecule has 1 aliphatic rings. The second-order valence-corrected chi connectivity index (χ2v) is 5.89. The summed E-state index contributed by atoms with van der Waals surface area (Å²) in [5, 5.41) is 6.45. The largest absolute Gasteiger partial charge is 0.382 e. The highest BCUT2D eigenvalue weighted by Crippen LogP contribution is 2.42. The summed E-state index contributed by atoms with van der Waals surface area (Å²) in [4.78, 5) is 4.52. The van der Waals surface area contributed by atoms with Crippen LogP contribution in [-0.2, 0) is 4.74 Å². The van der Waals surface area contributed by atoms with Crippen molar-refractivity contribution in [2.24, 2.45) is 4.99 Å². The van der Waals surface area contributed by atoms with Gasteiger partial charge >= 0.3 is 0 Å². The third-order valence-corrected chi connectivity index (χ3v) is 4.00. The number of hydrogen-bond donors (Lipinski definition) is 2. The molecule has 0 bridgehead atoms. The Morgan fingerprint density at radius 2 is 1.96 bits per heavy atom. The normalized spacial score (nSPS) is 19.3. The molecule has 142 valence electrons. The predicted molar refractivity (Wildman–Crippen MR) is 108 cm³/mol. The second-order valence-electron chi connectivity index (χ2n) is 5.89. The van der Waals surface area contributed by atoms with Crippen LogP contribution < -0.4 is 10.6 Å². The van der Waals surface area contributed by atoms with Crippen LogP contribution in [0.2, 0.25) is 0 Å². The highest BCUT2D eigenvalue weighted by Gasteiger charge is 2.42. The number of halogens is 3. The van der Waals surface area contributed by atoms with E-state index in [9.17, 15) is 8.78 Å². The Hall–Kier alpha value is -0.960. The van der Waals surface area contributed by atoms with Gasteiger partial charge in [-0.05, 0) is 45.2 Å². The van der Waals surface area contributed by atoms with Crippen molar-refractivity contribution < 1.29 is 13.5 Å². The van der Waals surface area contributed by atoms with Gasteiger partial charge in [0, 0.05) is 43.8 Å². The third kappa shape index (κ3) is 7.05. The SMILES string of the molecule is CCNC(=NCCCCOCC)NC1CC1c1c(F)cccc1F.I. The Labute approximate surface area is 165 Å². The highest BCUT2D eigenvalue weighted by atomic mass is 127. The number of hydrogen-bond acceptors (Lipinski definition) is 2. The molecule has 0 amide bonds. The van der Waals surface area contributed by atoms with Crippen molar-refractivity contribution in [1.82, 2.24) is 10.6 Å². The number of unbranched alkanes of at least 4 members (excludes halogenated alkanes) is 1. The van der Waals surface area contributed by atoms with Crippen molar-refractivity contribution in [3.05, 3.63) is 35.4 Å². The molecule has 1 aromatic rings. The van der Waals surface area contributed by atoms with Crippen molar-refractivity contribution in [2.45, 2.75) is 45.1 Å². The zero-order valence-electron chi connectivity index (χ0n) is 14.9. The van der Waals surface area contributed by atoms with Gasteiger partial charge in [0.2, 0.25) is 0 Å². The molecule has 0 radical (unpaired) electrons. The molecule has 1 saturated carbocycles. The number of benzene rings is 1. The van der Waals surface area contributed by atoms with E-state index in [4.69, 9.17) is 4.74 Å². The fourth-order valence-corrected chi connectivity index (χ4v) is 2.69. The summed E-state index contributed by atoms with van der Waals surface area (Å²) in [5.74, 6) is -0.365.